The number of carbonyl (C=O) groups excluding carboxylic acids is 1. The van der Waals surface area contributed by atoms with Gasteiger partial charge in [0.15, 0.2) is 0 Å². The minimum atomic E-state index is -0.0979. The predicted molar refractivity (Wildman–Crippen MR) is 127 cm³/mol. The summed E-state index contributed by atoms with van der Waals surface area (Å²) in [6, 6.07) is 26.4. The number of nitrogens with zero attached hydrogens (tertiary/aromatic N) is 3. The monoisotopic (exact) mass is 405 g/mol. The van der Waals surface area contributed by atoms with Crippen LogP contribution >= 0.6 is 0 Å². The third-order valence-corrected chi connectivity index (χ3v) is 5.62. The van der Waals surface area contributed by atoms with E-state index in [9.17, 15) is 4.79 Å². The van der Waals surface area contributed by atoms with Gasteiger partial charge in [0, 0.05) is 29.2 Å². The zero-order chi connectivity index (χ0) is 21.4. The first-order valence-electron chi connectivity index (χ1n) is 10.4. The number of hydrogen-bond acceptors (Lipinski definition) is 2. The van der Waals surface area contributed by atoms with Crippen molar-refractivity contribution in [2.24, 2.45) is 5.10 Å². The molecular formula is C27H23N3O. The third kappa shape index (κ3) is 3.57. The zero-order valence-electron chi connectivity index (χ0n) is 17.6. The van der Waals surface area contributed by atoms with Crippen LogP contribution in [0.3, 0.4) is 0 Å². The molecule has 0 N–H and O–H groups in total. The van der Waals surface area contributed by atoms with E-state index in [0.717, 1.165) is 34.4 Å². The minimum Gasteiger partial charge on any atom is -0.342 e. The summed E-state index contributed by atoms with van der Waals surface area (Å²) in [5.41, 5.74) is 6.81. The largest absolute Gasteiger partial charge is 0.342 e. The average molecular weight is 406 g/mol. The van der Waals surface area contributed by atoms with Crippen LogP contribution in [-0.2, 0) is 11.3 Å². The Balaban J connectivity index is 1.54. The molecule has 0 saturated heterocycles. The molecule has 1 amide bonds. The lowest BCUT2D eigenvalue weighted by Crippen LogP contribution is -2.21. The van der Waals surface area contributed by atoms with Crippen LogP contribution in [0.25, 0.3) is 17.0 Å². The fourth-order valence-electron chi connectivity index (χ4n) is 4.11. The van der Waals surface area contributed by atoms with Crippen molar-refractivity contribution < 1.29 is 4.79 Å². The van der Waals surface area contributed by atoms with Crippen molar-refractivity contribution >= 4 is 34.3 Å². The molecule has 2 heterocycles. The van der Waals surface area contributed by atoms with Crippen LogP contribution in [0.5, 0.6) is 0 Å². The van der Waals surface area contributed by atoms with Crippen molar-refractivity contribution in [2.45, 2.75) is 20.4 Å². The summed E-state index contributed by atoms with van der Waals surface area (Å²) in [4.78, 5) is 13.1. The first kappa shape index (κ1) is 19.1. The van der Waals surface area contributed by atoms with E-state index in [-0.39, 0.29) is 5.91 Å². The molecule has 0 atom stereocenters. The molecule has 0 fully saturated rings. The molecule has 0 aliphatic carbocycles. The molecule has 31 heavy (non-hydrogen) atoms. The molecule has 5 rings (SSSR count). The van der Waals surface area contributed by atoms with Gasteiger partial charge in [-0.25, -0.2) is 0 Å². The highest BCUT2D eigenvalue weighted by molar-refractivity contribution is 6.32. The van der Waals surface area contributed by atoms with Gasteiger partial charge >= 0.3 is 0 Å². The molecule has 152 valence electrons. The number of amides is 1. The number of anilines is 1. The molecule has 4 heteroatoms. The second-order valence-electron chi connectivity index (χ2n) is 7.91. The van der Waals surface area contributed by atoms with Gasteiger partial charge < -0.3 is 4.57 Å². The van der Waals surface area contributed by atoms with Crippen LogP contribution in [0, 0.1) is 6.92 Å². The molecule has 0 radical (unpaired) electrons. The van der Waals surface area contributed by atoms with Crippen molar-refractivity contribution in [3.05, 3.63) is 107 Å². The number of fused-ring (bicyclic) bond motifs is 1. The number of hydrogen-bond donors (Lipinski definition) is 0. The molecule has 0 saturated carbocycles. The number of rotatable bonds is 4. The lowest BCUT2D eigenvalue weighted by Gasteiger charge is -2.10. The predicted octanol–water partition coefficient (Wildman–Crippen LogP) is 5.80. The fourth-order valence-corrected chi connectivity index (χ4v) is 4.11. The molecule has 4 nitrogen and oxygen atoms in total. The van der Waals surface area contributed by atoms with Crippen LogP contribution in [0.4, 0.5) is 5.69 Å². The van der Waals surface area contributed by atoms with Crippen molar-refractivity contribution in [2.75, 3.05) is 5.01 Å². The number of aromatic nitrogens is 1. The molecule has 0 spiro atoms. The highest BCUT2D eigenvalue weighted by Crippen LogP contribution is 2.28. The van der Waals surface area contributed by atoms with E-state index in [2.05, 4.69) is 65.3 Å². The Morgan fingerprint density at radius 1 is 0.903 bits per heavy atom. The van der Waals surface area contributed by atoms with E-state index in [4.69, 9.17) is 0 Å². The van der Waals surface area contributed by atoms with Crippen molar-refractivity contribution in [3.8, 4) is 0 Å². The van der Waals surface area contributed by atoms with Gasteiger partial charge in [-0.3, -0.25) is 4.79 Å². The second-order valence-corrected chi connectivity index (χ2v) is 7.91. The van der Waals surface area contributed by atoms with Gasteiger partial charge in [0.05, 0.1) is 17.0 Å². The fraction of sp³-hybridized carbons (Fsp3) is 0.111. The van der Waals surface area contributed by atoms with E-state index in [1.807, 2.05) is 49.4 Å². The molecule has 1 aliphatic heterocycles. The van der Waals surface area contributed by atoms with E-state index >= 15 is 0 Å². The maximum Gasteiger partial charge on any atom is 0.280 e. The molecule has 1 aromatic heterocycles. The quantitative estimate of drug-likeness (QED) is 0.395. The van der Waals surface area contributed by atoms with E-state index in [1.165, 1.54) is 16.1 Å². The van der Waals surface area contributed by atoms with Crippen molar-refractivity contribution in [1.29, 1.82) is 0 Å². The van der Waals surface area contributed by atoms with Crippen LogP contribution < -0.4 is 5.01 Å². The van der Waals surface area contributed by atoms with E-state index < -0.39 is 0 Å². The van der Waals surface area contributed by atoms with Gasteiger partial charge in [-0.1, -0.05) is 66.2 Å². The molecule has 3 aromatic carbocycles. The topological polar surface area (TPSA) is 37.6 Å². The van der Waals surface area contributed by atoms with Crippen LogP contribution in [0.2, 0.25) is 0 Å². The standard InChI is InChI=1S/C27H23N3O/c1-19-9-8-10-21(15-19)17-29-18-22(24-13-6-7-14-26(24)29)16-25-20(2)28-30(27(25)31)23-11-4-3-5-12-23/h3-16,18H,17H2,1-2H3/b25-16+. The highest BCUT2D eigenvalue weighted by atomic mass is 16.2. The number of benzene rings is 3. The summed E-state index contributed by atoms with van der Waals surface area (Å²) in [5, 5.41) is 7.11. The number of carbonyl (C=O) groups is 1. The van der Waals surface area contributed by atoms with Gasteiger partial charge in [-0.05, 0) is 43.7 Å². The number of hydrazone groups is 1. The van der Waals surface area contributed by atoms with Gasteiger partial charge in [0.1, 0.15) is 0 Å². The summed E-state index contributed by atoms with van der Waals surface area (Å²) in [6.07, 6.45) is 4.10. The Morgan fingerprint density at radius 2 is 1.68 bits per heavy atom. The van der Waals surface area contributed by atoms with Gasteiger partial charge in [0.2, 0.25) is 0 Å². The molecule has 1 aliphatic rings. The lowest BCUT2D eigenvalue weighted by atomic mass is 10.1. The molecular weight excluding hydrogens is 382 g/mol. The Labute approximate surface area is 181 Å². The Hall–Kier alpha value is -3.92. The zero-order valence-corrected chi connectivity index (χ0v) is 17.6. The molecule has 0 unspecified atom stereocenters. The van der Waals surface area contributed by atoms with Crippen LogP contribution in [0.1, 0.15) is 23.6 Å². The van der Waals surface area contributed by atoms with Crippen LogP contribution in [-0.4, -0.2) is 16.2 Å². The maximum absolute atomic E-state index is 13.1. The second kappa shape index (κ2) is 7.73. The smallest absolute Gasteiger partial charge is 0.280 e. The first-order chi connectivity index (χ1) is 15.1. The summed E-state index contributed by atoms with van der Waals surface area (Å²) in [5.74, 6) is -0.0979. The van der Waals surface area contributed by atoms with Crippen LogP contribution in [0.15, 0.2) is 95.7 Å². The summed E-state index contributed by atoms with van der Waals surface area (Å²) >= 11 is 0. The van der Waals surface area contributed by atoms with Gasteiger partial charge in [-0.2, -0.15) is 10.1 Å². The SMILES string of the molecule is CC1=NN(c2ccccc2)C(=O)/C1=C/c1cn(Cc2cccc(C)c2)c2ccccc12. The van der Waals surface area contributed by atoms with Gasteiger partial charge in [-0.15, -0.1) is 0 Å². The Bertz CT molecular complexity index is 1350. The third-order valence-electron chi connectivity index (χ3n) is 5.62. The lowest BCUT2D eigenvalue weighted by molar-refractivity contribution is -0.114. The van der Waals surface area contributed by atoms with Crippen molar-refractivity contribution in [1.82, 2.24) is 4.57 Å². The summed E-state index contributed by atoms with van der Waals surface area (Å²) in [7, 11) is 0. The van der Waals surface area contributed by atoms with E-state index in [0.29, 0.717) is 5.57 Å². The highest BCUT2D eigenvalue weighted by Gasteiger charge is 2.28. The van der Waals surface area contributed by atoms with Crippen molar-refractivity contribution in [3.63, 3.8) is 0 Å². The number of aryl methyl sites for hydroxylation is 1. The molecule has 0 bridgehead atoms. The maximum atomic E-state index is 13.1. The summed E-state index contributed by atoms with van der Waals surface area (Å²) in [6.45, 7) is 4.78. The Morgan fingerprint density at radius 3 is 2.48 bits per heavy atom. The molecule has 4 aromatic rings. The minimum absolute atomic E-state index is 0.0979. The van der Waals surface area contributed by atoms with E-state index in [1.54, 1.807) is 0 Å². The summed E-state index contributed by atoms with van der Waals surface area (Å²) < 4.78 is 2.25. The van der Waals surface area contributed by atoms with Gasteiger partial charge in [0.25, 0.3) is 5.91 Å². The normalized spacial score (nSPS) is 15.2. The first-order valence-corrected chi connectivity index (χ1v) is 10.4. The Kier molecular flexibility index (Phi) is 4.75. The average Bonchev–Trinajstić information content (AvgIpc) is 3.27. The number of para-hydroxylation sites is 2.